The van der Waals surface area contributed by atoms with E-state index in [1.54, 1.807) is 11.0 Å². The Morgan fingerprint density at radius 3 is 2.24 bits per heavy atom. The van der Waals surface area contributed by atoms with E-state index in [1.807, 2.05) is 32.0 Å². The number of benzene rings is 2. The van der Waals surface area contributed by atoms with Crippen molar-refractivity contribution < 1.29 is 14.0 Å². The van der Waals surface area contributed by atoms with Crippen LogP contribution in [0.2, 0.25) is 0 Å². The second-order valence-electron chi connectivity index (χ2n) is 6.34. The van der Waals surface area contributed by atoms with E-state index in [-0.39, 0.29) is 17.5 Å². The number of anilines is 1. The van der Waals surface area contributed by atoms with E-state index in [0.717, 1.165) is 23.2 Å². The molecule has 0 aliphatic heterocycles. The van der Waals surface area contributed by atoms with E-state index < -0.39 is 0 Å². The van der Waals surface area contributed by atoms with Gasteiger partial charge in [-0.3, -0.25) is 14.5 Å². The molecule has 0 N–H and O–H groups in total. The van der Waals surface area contributed by atoms with Crippen molar-refractivity contribution in [1.29, 1.82) is 0 Å². The van der Waals surface area contributed by atoms with Gasteiger partial charge in [-0.15, -0.1) is 0 Å². The predicted octanol–water partition coefficient (Wildman–Crippen LogP) is 4.73. The van der Waals surface area contributed by atoms with Crippen molar-refractivity contribution in [3.05, 3.63) is 76.7 Å². The zero-order valence-corrected chi connectivity index (χ0v) is 14.4. The zero-order chi connectivity index (χ0) is 18.0. The number of aryl methyl sites for hydroxylation is 2. The monoisotopic (exact) mass is 337 g/mol. The number of hydrogen-bond donors (Lipinski definition) is 0. The first-order valence-electron chi connectivity index (χ1n) is 8.37. The summed E-state index contributed by atoms with van der Waals surface area (Å²) in [6.07, 6.45) is 3.46. The minimum atomic E-state index is -0.387. The first-order chi connectivity index (χ1) is 12.0. The molecule has 2 aromatic rings. The number of ketones is 1. The molecule has 3 rings (SSSR count). The van der Waals surface area contributed by atoms with Crippen molar-refractivity contribution in [2.24, 2.45) is 0 Å². The summed E-state index contributed by atoms with van der Waals surface area (Å²) in [6.45, 7) is 3.89. The first kappa shape index (κ1) is 17.1. The van der Waals surface area contributed by atoms with Crippen LogP contribution in [-0.4, -0.2) is 11.7 Å². The van der Waals surface area contributed by atoms with Crippen molar-refractivity contribution in [2.45, 2.75) is 33.1 Å². The molecule has 25 heavy (non-hydrogen) atoms. The average molecular weight is 337 g/mol. The second kappa shape index (κ2) is 7.01. The number of rotatable bonds is 3. The van der Waals surface area contributed by atoms with E-state index in [1.165, 1.54) is 24.3 Å². The summed E-state index contributed by atoms with van der Waals surface area (Å²) in [6, 6.07) is 11.3. The summed E-state index contributed by atoms with van der Waals surface area (Å²) in [4.78, 5) is 26.8. The summed E-state index contributed by atoms with van der Waals surface area (Å²) in [7, 11) is 0. The molecule has 2 aromatic carbocycles. The smallest absolute Gasteiger partial charge is 0.262 e. The summed E-state index contributed by atoms with van der Waals surface area (Å²) in [5, 5.41) is 0. The fourth-order valence-electron chi connectivity index (χ4n) is 3.21. The van der Waals surface area contributed by atoms with Crippen molar-refractivity contribution in [2.75, 3.05) is 4.90 Å². The molecule has 128 valence electrons. The van der Waals surface area contributed by atoms with E-state index in [9.17, 15) is 14.0 Å². The third-order valence-electron chi connectivity index (χ3n) is 4.43. The molecule has 1 aliphatic rings. The van der Waals surface area contributed by atoms with Gasteiger partial charge in [-0.05, 0) is 62.1 Å². The van der Waals surface area contributed by atoms with Gasteiger partial charge in [0.25, 0.3) is 5.91 Å². The first-order valence-corrected chi connectivity index (χ1v) is 8.37. The number of hydrogen-bond acceptors (Lipinski definition) is 2. The summed E-state index contributed by atoms with van der Waals surface area (Å²) in [5.74, 6) is -0.607. The van der Waals surface area contributed by atoms with Gasteiger partial charge < -0.3 is 0 Å². The summed E-state index contributed by atoms with van der Waals surface area (Å²) in [5.41, 5.74) is 3.78. The molecule has 3 nitrogen and oxygen atoms in total. The van der Waals surface area contributed by atoms with E-state index in [4.69, 9.17) is 0 Å². The van der Waals surface area contributed by atoms with Crippen LogP contribution >= 0.6 is 0 Å². The maximum Gasteiger partial charge on any atom is 0.262 e. The third-order valence-corrected chi connectivity index (χ3v) is 4.43. The quantitative estimate of drug-likeness (QED) is 0.812. The van der Waals surface area contributed by atoms with Crippen molar-refractivity contribution in [3.63, 3.8) is 0 Å². The van der Waals surface area contributed by atoms with Gasteiger partial charge in [0.1, 0.15) is 5.82 Å². The second-order valence-corrected chi connectivity index (χ2v) is 6.34. The van der Waals surface area contributed by atoms with Gasteiger partial charge in [0.2, 0.25) is 0 Å². The molecule has 0 saturated carbocycles. The molecular weight excluding hydrogens is 317 g/mol. The van der Waals surface area contributed by atoms with Crippen LogP contribution in [0.4, 0.5) is 10.1 Å². The van der Waals surface area contributed by atoms with Crippen LogP contribution in [0.3, 0.4) is 0 Å². The van der Waals surface area contributed by atoms with Crippen LogP contribution < -0.4 is 4.90 Å². The Morgan fingerprint density at radius 1 is 1.00 bits per heavy atom. The van der Waals surface area contributed by atoms with Crippen LogP contribution in [0.5, 0.6) is 0 Å². The zero-order valence-electron chi connectivity index (χ0n) is 14.4. The van der Waals surface area contributed by atoms with Gasteiger partial charge >= 0.3 is 0 Å². The van der Waals surface area contributed by atoms with Crippen LogP contribution in [-0.2, 0) is 4.79 Å². The molecule has 0 heterocycles. The third kappa shape index (κ3) is 3.53. The molecule has 0 bridgehead atoms. The highest BCUT2D eigenvalue weighted by Crippen LogP contribution is 2.32. The SMILES string of the molecule is Cc1cccc(C)c1N(C(=O)c1ccc(F)cc1)C1=CC(=O)CCC1. The molecule has 0 atom stereocenters. The number of para-hydroxylation sites is 1. The molecule has 0 saturated heterocycles. The molecule has 1 amide bonds. The number of amides is 1. The molecule has 0 fully saturated rings. The van der Waals surface area contributed by atoms with E-state index in [2.05, 4.69) is 0 Å². The molecule has 0 spiro atoms. The van der Waals surface area contributed by atoms with E-state index in [0.29, 0.717) is 24.1 Å². The number of carbonyl (C=O) groups is 2. The van der Waals surface area contributed by atoms with Crippen LogP contribution in [0.15, 0.2) is 54.2 Å². The Bertz CT molecular complexity index is 832. The molecule has 4 heteroatoms. The number of allylic oxidation sites excluding steroid dienone is 2. The van der Waals surface area contributed by atoms with Crippen molar-refractivity contribution in [3.8, 4) is 0 Å². The van der Waals surface area contributed by atoms with Gasteiger partial charge in [0.15, 0.2) is 5.78 Å². The summed E-state index contributed by atoms with van der Waals surface area (Å²) >= 11 is 0. The molecule has 0 aromatic heterocycles. The van der Waals surface area contributed by atoms with Gasteiger partial charge in [-0.2, -0.15) is 0 Å². The molecular formula is C21H20FNO2. The fraction of sp³-hybridized carbons (Fsp3) is 0.238. The lowest BCUT2D eigenvalue weighted by molar-refractivity contribution is -0.115. The molecule has 0 radical (unpaired) electrons. The normalized spacial score (nSPS) is 14.2. The standard InChI is InChI=1S/C21H20FNO2/c1-14-5-3-6-15(2)20(14)23(18-7-4-8-19(24)13-18)21(25)16-9-11-17(22)12-10-16/h3,5-6,9-13H,4,7-8H2,1-2H3. The average Bonchev–Trinajstić information content (AvgIpc) is 2.58. The van der Waals surface area contributed by atoms with E-state index >= 15 is 0 Å². The van der Waals surface area contributed by atoms with Crippen LogP contribution in [0, 0.1) is 19.7 Å². The maximum absolute atomic E-state index is 13.2. The highest BCUT2D eigenvalue weighted by atomic mass is 19.1. The van der Waals surface area contributed by atoms with Gasteiger partial charge in [0.05, 0.1) is 5.69 Å². The molecule has 0 unspecified atom stereocenters. The fourth-order valence-corrected chi connectivity index (χ4v) is 3.21. The van der Waals surface area contributed by atoms with Gasteiger partial charge in [-0.1, -0.05) is 18.2 Å². The minimum Gasteiger partial charge on any atom is -0.295 e. The Kier molecular flexibility index (Phi) is 4.79. The van der Waals surface area contributed by atoms with Crippen LogP contribution in [0.1, 0.15) is 40.7 Å². The number of halogens is 1. The number of nitrogens with zero attached hydrogens (tertiary/aromatic N) is 1. The largest absolute Gasteiger partial charge is 0.295 e. The Labute approximate surface area is 146 Å². The Morgan fingerprint density at radius 2 is 1.64 bits per heavy atom. The number of carbonyl (C=O) groups excluding carboxylic acids is 2. The topological polar surface area (TPSA) is 37.4 Å². The lowest BCUT2D eigenvalue weighted by Crippen LogP contribution is -2.33. The summed E-state index contributed by atoms with van der Waals surface area (Å²) < 4.78 is 13.2. The van der Waals surface area contributed by atoms with Crippen molar-refractivity contribution >= 4 is 17.4 Å². The highest BCUT2D eigenvalue weighted by molar-refractivity contribution is 6.10. The Hall–Kier alpha value is -2.75. The Balaban J connectivity index is 2.14. The predicted molar refractivity (Wildman–Crippen MR) is 96.1 cm³/mol. The maximum atomic E-state index is 13.2. The lowest BCUT2D eigenvalue weighted by Gasteiger charge is -2.30. The highest BCUT2D eigenvalue weighted by Gasteiger charge is 2.26. The van der Waals surface area contributed by atoms with Crippen molar-refractivity contribution in [1.82, 2.24) is 0 Å². The molecule has 1 aliphatic carbocycles. The minimum absolute atomic E-state index is 0.0318. The van der Waals surface area contributed by atoms with Crippen LogP contribution in [0.25, 0.3) is 0 Å². The van der Waals surface area contributed by atoms with Gasteiger partial charge in [-0.25, -0.2) is 4.39 Å². The lowest BCUT2D eigenvalue weighted by atomic mass is 9.99. The van der Waals surface area contributed by atoms with Gasteiger partial charge in [0, 0.05) is 23.8 Å².